The Bertz CT molecular complexity index is 865. The second-order valence-electron chi connectivity index (χ2n) is 4.17. The van der Waals surface area contributed by atoms with Crippen LogP contribution in [0.2, 0.25) is 0 Å². The van der Waals surface area contributed by atoms with Crippen LogP contribution in [0.3, 0.4) is 0 Å². The van der Waals surface area contributed by atoms with Gasteiger partial charge in [0.15, 0.2) is 0 Å². The van der Waals surface area contributed by atoms with E-state index in [4.69, 9.17) is 0 Å². The first kappa shape index (κ1) is 9.77. The van der Waals surface area contributed by atoms with E-state index in [2.05, 4.69) is 34.1 Å². The maximum Gasteiger partial charge on any atom is 0.0448 e. The van der Waals surface area contributed by atoms with Gasteiger partial charge in [0.05, 0.1) is 0 Å². The van der Waals surface area contributed by atoms with Gasteiger partial charge in [-0.15, -0.1) is 11.3 Å². The third kappa shape index (κ3) is 1.35. The summed E-state index contributed by atoms with van der Waals surface area (Å²) in [6.07, 6.45) is 9.54. The molecule has 0 aliphatic carbocycles. The molecule has 3 heterocycles. The van der Waals surface area contributed by atoms with Crippen molar-refractivity contribution in [3.63, 3.8) is 0 Å². The van der Waals surface area contributed by atoms with Gasteiger partial charge < -0.3 is 0 Å². The lowest BCUT2D eigenvalue weighted by molar-refractivity contribution is 1.37. The molecule has 1 aliphatic heterocycles. The quantitative estimate of drug-likeness (QED) is 0.587. The van der Waals surface area contributed by atoms with E-state index in [0.717, 1.165) is 0 Å². The number of aliphatic imine (C=N–C) groups is 1. The first-order valence-corrected chi connectivity index (χ1v) is 6.49. The van der Waals surface area contributed by atoms with Crippen LogP contribution in [0, 0.1) is 0 Å². The van der Waals surface area contributed by atoms with Gasteiger partial charge in [0.25, 0.3) is 0 Å². The number of thiophene rings is 1. The van der Waals surface area contributed by atoms with Crippen molar-refractivity contribution in [2.24, 2.45) is 4.99 Å². The van der Waals surface area contributed by atoms with Gasteiger partial charge in [-0.1, -0.05) is 0 Å². The summed E-state index contributed by atoms with van der Waals surface area (Å²) < 4.78 is 1.28. The van der Waals surface area contributed by atoms with Crippen LogP contribution in [0.15, 0.2) is 41.8 Å². The smallest absolute Gasteiger partial charge is 0.0448 e. The highest BCUT2D eigenvalue weighted by molar-refractivity contribution is 7.20. The van der Waals surface area contributed by atoms with E-state index in [0.29, 0.717) is 0 Å². The molecule has 0 saturated heterocycles. The van der Waals surface area contributed by atoms with Crippen LogP contribution in [0.1, 0.15) is 10.4 Å². The van der Waals surface area contributed by atoms with Gasteiger partial charge >= 0.3 is 0 Å². The molecule has 0 amide bonds. The second-order valence-corrected chi connectivity index (χ2v) is 5.25. The number of fused-ring (bicyclic) bond motifs is 4. The molecule has 4 rings (SSSR count). The molecule has 0 unspecified atom stereocenters. The molecule has 0 fully saturated rings. The molecule has 0 spiro atoms. The lowest BCUT2D eigenvalue weighted by atomic mass is 10.1. The maximum absolute atomic E-state index is 4.17. The van der Waals surface area contributed by atoms with Crippen molar-refractivity contribution in [1.82, 2.24) is 4.98 Å². The van der Waals surface area contributed by atoms with Crippen LogP contribution in [0.4, 0.5) is 0 Å². The summed E-state index contributed by atoms with van der Waals surface area (Å²) in [5.74, 6) is 2.92. The summed E-state index contributed by atoms with van der Waals surface area (Å²) in [4.78, 5) is 9.42. The summed E-state index contributed by atoms with van der Waals surface area (Å²) >= 11 is 1.77. The van der Waals surface area contributed by atoms with Gasteiger partial charge in [-0.3, -0.25) is 4.98 Å². The summed E-state index contributed by atoms with van der Waals surface area (Å²) in [5, 5.41) is 3.68. The van der Waals surface area contributed by atoms with Crippen LogP contribution in [0.5, 0.6) is 0 Å². The Morgan fingerprint density at radius 1 is 1.17 bits per heavy atom. The predicted octanol–water partition coefficient (Wildman–Crippen LogP) is 4.12. The van der Waals surface area contributed by atoms with Crippen LogP contribution in [-0.2, 0) is 0 Å². The van der Waals surface area contributed by atoms with E-state index in [1.807, 2.05) is 24.5 Å². The topological polar surface area (TPSA) is 25.2 Å². The number of aromatic nitrogens is 1. The molecule has 1 aromatic carbocycles. The summed E-state index contributed by atoms with van der Waals surface area (Å²) in [7, 11) is 0. The summed E-state index contributed by atoms with van der Waals surface area (Å²) in [5.41, 5.74) is 1.24. The average Bonchev–Trinajstić information content (AvgIpc) is 2.59. The fourth-order valence-electron chi connectivity index (χ4n) is 2.25. The summed E-state index contributed by atoms with van der Waals surface area (Å²) in [6.45, 7) is 0. The fourth-order valence-corrected chi connectivity index (χ4v) is 3.35. The number of benzene rings is 1. The van der Waals surface area contributed by atoms with E-state index in [1.165, 1.54) is 31.3 Å². The first-order valence-electron chi connectivity index (χ1n) is 5.67. The first-order chi connectivity index (χ1) is 8.92. The van der Waals surface area contributed by atoms with Gasteiger partial charge in [0.1, 0.15) is 0 Å². The van der Waals surface area contributed by atoms with Crippen LogP contribution < -0.4 is 0 Å². The molecule has 0 bridgehead atoms. The lowest BCUT2D eigenvalue weighted by Crippen LogP contribution is -1.76. The van der Waals surface area contributed by atoms with Crippen molar-refractivity contribution in [2.75, 3.05) is 0 Å². The Morgan fingerprint density at radius 2 is 2.17 bits per heavy atom. The molecule has 84 valence electrons. The zero-order valence-electron chi connectivity index (χ0n) is 9.42. The molecular formula is C15H8N2S. The average molecular weight is 248 g/mol. The van der Waals surface area contributed by atoms with Gasteiger partial charge in [-0.25, -0.2) is 4.99 Å². The van der Waals surface area contributed by atoms with Crippen molar-refractivity contribution in [3.05, 3.63) is 47.2 Å². The van der Waals surface area contributed by atoms with E-state index in [-0.39, 0.29) is 0 Å². The lowest BCUT2D eigenvalue weighted by Gasteiger charge is -1.98. The third-order valence-corrected chi connectivity index (χ3v) is 4.22. The molecule has 3 aromatic rings. The monoisotopic (exact) mass is 248 g/mol. The summed E-state index contributed by atoms with van der Waals surface area (Å²) in [6, 6.07) is 6.48. The van der Waals surface area contributed by atoms with Gasteiger partial charge in [-0.2, -0.15) is 0 Å². The normalized spacial score (nSPS) is 13.1. The maximum atomic E-state index is 4.17. The Hall–Kier alpha value is -2.22. The second kappa shape index (κ2) is 3.64. The zero-order chi connectivity index (χ0) is 11.9. The molecule has 18 heavy (non-hydrogen) atoms. The highest BCUT2D eigenvalue weighted by Gasteiger charge is 2.10. The highest BCUT2D eigenvalue weighted by atomic mass is 32.1. The molecule has 2 nitrogen and oxygen atoms in total. The minimum absolute atomic E-state index is 1.18. The Kier molecular flexibility index (Phi) is 1.97. The Balaban J connectivity index is 2.17. The third-order valence-electron chi connectivity index (χ3n) is 3.10. The molecule has 0 radical (unpaired) electrons. The van der Waals surface area contributed by atoms with Crippen molar-refractivity contribution in [2.45, 2.75) is 0 Å². The van der Waals surface area contributed by atoms with E-state index < -0.39 is 0 Å². The van der Waals surface area contributed by atoms with Crippen LogP contribution in [0.25, 0.3) is 33.0 Å². The molecule has 0 saturated carbocycles. The Labute approximate surface area is 108 Å². The molecule has 2 aromatic heterocycles. The van der Waals surface area contributed by atoms with Crippen LogP contribution >= 0.6 is 11.3 Å². The molecule has 1 aliphatic rings. The molecule has 3 heteroatoms. The van der Waals surface area contributed by atoms with Crippen LogP contribution in [-0.4, -0.2) is 10.9 Å². The highest BCUT2D eigenvalue weighted by Crippen LogP contribution is 2.36. The minimum Gasteiger partial charge on any atom is -0.264 e. The van der Waals surface area contributed by atoms with Crippen molar-refractivity contribution < 1.29 is 0 Å². The largest absolute Gasteiger partial charge is 0.264 e. The SMILES string of the molecule is C1=Cc2sc3cc4cnccc4cc3c2C=CN=1. The molecular weight excluding hydrogens is 240 g/mol. The van der Waals surface area contributed by atoms with Crippen molar-refractivity contribution in [3.8, 4) is 0 Å². The minimum atomic E-state index is 1.18. The number of nitrogens with zero attached hydrogens (tertiary/aromatic N) is 2. The van der Waals surface area contributed by atoms with Gasteiger partial charge in [0.2, 0.25) is 0 Å². The van der Waals surface area contributed by atoms with E-state index in [9.17, 15) is 0 Å². The number of rotatable bonds is 0. The van der Waals surface area contributed by atoms with Crippen molar-refractivity contribution in [1.29, 1.82) is 0 Å². The standard InChI is InChI=1S/C15H8N2S/c1-4-17-9-11-8-15-13(7-10(1)11)12-2-5-16-6-3-14(12)18-15/h1-5,7-9H. The molecule has 0 atom stereocenters. The van der Waals surface area contributed by atoms with Gasteiger partial charge in [-0.05, 0) is 35.5 Å². The van der Waals surface area contributed by atoms with Gasteiger partial charge in [0, 0.05) is 50.6 Å². The number of pyridine rings is 1. The number of hydrogen-bond donors (Lipinski definition) is 0. The Morgan fingerprint density at radius 3 is 3.17 bits per heavy atom. The van der Waals surface area contributed by atoms with E-state index >= 15 is 0 Å². The van der Waals surface area contributed by atoms with Crippen molar-refractivity contribution >= 4 is 50.2 Å². The number of hydrogen-bond acceptors (Lipinski definition) is 3. The fraction of sp³-hybridized carbons (Fsp3) is 0. The molecule has 0 N–H and O–H groups in total. The predicted molar refractivity (Wildman–Crippen MR) is 78.1 cm³/mol. The van der Waals surface area contributed by atoms with E-state index in [1.54, 1.807) is 17.5 Å². The zero-order valence-corrected chi connectivity index (χ0v) is 10.2.